The average Bonchev–Trinajstić information content (AvgIpc) is 3.07. The van der Waals surface area contributed by atoms with E-state index in [-0.39, 0.29) is 35.0 Å². The molecule has 0 aromatic heterocycles. The van der Waals surface area contributed by atoms with Crippen molar-refractivity contribution in [1.82, 2.24) is 10.2 Å². The number of piperidine rings is 2. The first-order chi connectivity index (χ1) is 22.0. The van der Waals surface area contributed by atoms with E-state index in [1.807, 2.05) is 12.1 Å². The molecule has 1 spiro atoms. The predicted octanol–water partition coefficient (Wildman–Crippen LogP) is 6.16. The van der Waals surface area contributed by atoms with Crippen molar-refractivity contribution in [3.8, 4) is 17.6 Å². The van der Waals surface area contributed by atoms with Gasteiger partial charge >= 0.3 is 0 Å². The molecule has 8 nitrogen and oxygen atoms in total. The normalized spacial score (nSPS) is 26.2. The Kier molecular flexibility index (Phi) is 9.04. The number of carbonyl (C=O) groups excluding carboxylic acids is 1. The topological polar surface area (TPSA) is 98.1 Å². The number of methoxy groups -OCH3 is 1. The van der Waals surface area contributed by atoms with Crippen molar-refractivity contribution in [2.75, 3.05) is 38.2 Å². The van der Waals surface area contributed by atoms with Crippen LogP contribution in [0, 0.1) is 27.6 Å². The Morgan fingerprint density at radius 1 is 0.913 bits per heavy atom. The molecule has 2 saturated heterocycles. The third kappa shape index (κ3) is 6.21. The Morgan fingerprint density at radius 3 is 2.13 bits per heavy atom. The quantitative estimate of drug-likeness (QED) is 0.379. The van der Waals surface area contributed by atoms with Crippen molar-refractivity contribution in [3.63, 3.8) is 0 Å². The zero-order chi connectivity index (χ0) is 32.7. The number of carbonyl (C=O) groups is 1. The summed E-state index contributed by atoms with van der Waals surface area (Å²) in [7, 11) is 1.55. The van der Waals surface area contributed by atoms with Crippen LogP contribution in [0.3, 0.4) is 0 Å². The first-order valence-electron chi connectivity index (χ1n) is 17.3. The van der Waals surface area contributed by atoms with Crippen molar-refractivity contribution in [1.29, 1.82) is 5.26 Å². The molecule has 0 unspecified atom stereocenters. The molecule has 1 amide bonds. The van der Waals surface area contributed by atoms with Crippen molar-refractivity contribution in [2.24, 2.45) is 16.2 Å². The molecule has 0 bridgehead atoms. The van der Waals surface area contributed by atoms with Gasteiger partial charge in [0.1, 0.15) is 23.7 Å². The number of ether oxygens (including phenoxy) is 2. The maximum Gasteiger partial charge on any atom is 0.251 e. The minimum Gasteiger partial charge on any atom is -0.495 e. The maximum atomic E-state index is 13.4. The Bertz CT molecular complexity index is 1410. The summed E-state index contributed by atoms with van der Waals surface area (Å²) in [5.41, 5.74) is 2.20. The molecule has 0 radical (unpaired) electrons. The average molecular weight is 629 g/mol. The molecule has 2 aliphatic carbocycles. The van der Waals surface area contributed by atoms with E-state index in [9.17, 15) is 15.2 Å². The Labute approximate surface area is 275 Å². The highest BCUT2D eigenvalue weighted by Gasteiger charge is 2.64. The van der Waals surface area contributed by atoms with E-state index >= 15 is 0 Å². The molecule has 2 aromatic rings. The number of likely N-dealkylation sites (tertiary alicyclic amines) is 1. The molecule has 2 aliphatic heterocycles. The molecule has 8 heteroatoms. The van der Waals surface area contributed by atoms with Gasteiger partial charge in [0, 0.05) is 53.3 Å². The number of anilines is 1. The number of hydrogen-bond donors (Lipinski definition) is 2. The van der Waals surface area contributed by atoms with Gasteiger partial charge in [0.25, 0.3) is 5.91 Å². The molecule has 2 N–H and O–H groups in total. The molecular weight excluding hydrogens is 576 g/mol. The summed E-state index contributed by atoms with van der Waals surface area (Å²) in [5.74, 6) is 1.08. The fraction of sp³-hybridized carbons (Fsp3) is 0.632. The number of hydrogen-bond acceptors (Lipinski definition) is 7. The minimum absolute atomic E-state index is 0.0646. The molecule has 6 rings (SSSR count). The molecule has 2 aromatic carbocycles. The summed E-state index contributed by atoms with van der Waals surface area (Å²) in [6.07, 6.45) is 9.11. The molecule has 4 fully saturated rings. The third-order valence-electron chi connectivity index (χ3n) is 12.0. The summed E-state index contributed by atoms with van der Waals surface area (Å²) in [4.78, 5) is 18.6. The smallest absolute Gasteiger partial charge is 0.251 e. The van der Waals surface area contributed by atoms with Crippen LogP contribution in [0.5, 0.6) is 11.5 Å². The Balaban J connectivity index is 1.000. The number of amides is 1. The third-order valence-corrected chi connectivity index (χ3v) is 12.0. The molecule has 2 saturated carbocycles. The van der Waals surface area contributed by atoms with E-state index in [1.54, 1.807) is 25.3 Å². The Hall–Kier alpha value is -3.28. The van der Waals surface area contributed by atoms with Gasteiger partial charge in [0.15, 0.2) is 0 Å². The number of rotatable bonds is 7. The van der Waals surface area contributed by atoms with Crippen LogP contribution in [0.1, 0.15) is 95.0 Å². The highest BCUT2D eigenvalue weighted by atomic mass is 16.5. The standard InChI is InChI=1S/C38H52N4O4/c1-36(2)34(37(3,4)35(36)46-31-11-8-27(25-39)32(24-31)45-5)40-33(44)26-6-9-28(10-7-26)41-20-14-29(15-21-41)42-22-18-38(19-23-42)16-12-30(43)13-17-38/h6-11,24,29-30,34-35,43H,12-23H2,1-5H3,(H,40,44). The number of aliphatic hydroxyl groups excluding tert-OH is 1. The van der Waals surface area contributed by atoms with Crippen LogP contribution in [0.2, 0.25) is 0 Å². The van der Waals surface area contributed by atoms with Crippen molar-refractivity contribution in [2.45, 2.75) is 103 Å². The van der Waals surface area contributed by atoms with Gasteiger partial charge in [-0.1, -0.05) is 27.7 Å². The number of nitrogens with zero attached hydrogens (tertiary/aromatic N) is 3. The van der Waals surface area contributed by atoms with Crippen molar-refractivity contribution in [3.05, 3.63) is 53.6 Å². The Morgan fingerprint density at radius 2 is 1.54 bits per heavy atom. The fourth-order valence-corrected chi connectivity index (χ4v) is 9.38. The summed E-state index contributed by atoms with van der Waals surface area (Å²) in [6, 6.07) is 16.1. The van der Waals surface area contributed by atoms with E-state index < -0.39 is 0 Å². The van der Waals surface area contributed by atoms with Gasteiger partial charge in [0.05, 0.1) is 18.8 Å². The number of benzene rings is 2. The van der Waals surface area contributed by atoms with Gasteiger partial charge in [-0.25, -0.2) is 0 Å². The van der Waals surface area contributed by atoms with E-state index in [2.05, 4.69) is 61.0 Å². The van der Waals surface area contributed by atoms with Crippen LogP contribution < -0.4 is 19.7 Å². The van der Waals surface area contributed by atoms with Crippen LogP contribution in [0.25, 0.3) is 0 Å². The largest absolute Gasteiger partial charge is 0.495 e. The van der Waals surface area contributed by atoms with E-state index in [4.69, 9.17) is 9.47 Å². The second-order valence-corrected chi connectivity index (χ2v) is 15.6. The monoisotopic (exact) mass is 628 g/mol. The summed E-state index contributed by atoms with van der Waals surface area (Å²) >= 11 is 0. The fourth-order valence-electron chi connectivity index (χ4n) is 9.38. The number of nitrogens with one attached hydrogen (secondary N) is 1. The van der Waals surface area contributed by atoms with Crippen LogP contribution >= 0.6 is 0 Å². The van der Waals surface area contributed by atoms with Crippen molar-refractivity contribution < 1.29 is 19.4 Å². The SMILES string of the molecule is COc1cc(OC2C(C)(C)C(NC(=O)c3ccc(N4CCC(N5CCC6(CCC(O)CC6)CC5)CC4)cc3)C2(C)C)ccc1C#N. The zero-order valence-electron chi connectivity index (χ0n) is 28.3. The first-order valence-corrected chi connectivity index (χ1v) is 17.3. The predicted molar refractivity (Wildman–Crippen MR) is 180 cm³/mol. The van der Waals surface area contributed by atoms with Gasteiger partial charge < -0.3 is 29.7 Å². The molecule has 2 heterocycles. The highest BCUT2D eigenvalue weighted by Crippen LogP contribution is 2.55. The summed E-state index contributed by atoms with van der Waals surface area (Å²) in [6.45, 7) is 13.0. The first kappa shape index (κ1) is 32.7. The van der Waals surface area contributed by atoms with Crippen molar-refractivity contribution >= 4 is 11.6 Å². The molecule has 46 heavy (non-hydrogen) atoms. The lowest BCUT2D eigenvalue weighted by Gasteiger charge is -2.63. The van der Waals surface area contributed by atoms with E-state index in [0.29, 0.717) is 34.1 Å². The molecule has 248 valence electrons. The lowest BCUT2D eigenvalue weighted by molar-refractivity contribution is -0.164. The summed E-state index contributed by atoms with van der Waals surface area (Å²) in [5, 5.41) is 22.6. The van der Waals surface area contributed by atoms with Crippen LogP contribution in [-0.2, 0) is 0 Å². The second kappa shape index (κ2) is 12.7. The molecular formula is C38H52N4O4. The van der Waals surface area contributed by atoms with Gasteiger partial charge in [-0.05, 0) is 106 Å². The van der Waals surface area contributed by atoms with Gasteiger partial charge in [-0.3, -0.25) is 4.79 Å². The molecule has 0 atom stereocenters. The minimum atomic E-state index is -0.307. The molecule has 4 aliphatic rings. The number of nitriles is 1. The second-order valence-electron chi connectivity index (χ2n) is 15.6. The number of aliphatic hydroxyl groups is 1. The van der Waals surface area contributed by atoms with Crippen LogP contribution in [-0.4, -0.2) is 73.5 Å². The zero-order valence-corrected chi connectivity index (χ0v) is 28.3. The lowest BCUT2D eigenvalue weighted by Crippen LogP contribution is -2.74. The van der Waals surface area contributed by atoms with E-state index in [1.165, 1.54) is 57.3 Å². The van der Waals surface area contributed by atoms with E-state index in [0.717, 1.165) is 25.9 Å². The lowest BCUT2D eigenvalue weighted by atomic mass is 9.49. The highest BCUT2D eigenvalue weighted by molar-refractivity contribution is 5.95. The van der Waals surface area contributed by atoms with Crippen LogP contribution in [0.15, 0.2) is 42.5 Å². The van der Waals surface area contributed by atoms with Gasteiger partial charge in [-0.2, -0.15) is 5.26 Å². The van der Waals surface area contributed by atoms with Gasteiger partial charge in [-0.15, -0.1) is 0 Å². The maximum absolute atomic E-state index is 13.4. The summed E-state index contributed by atoms with van der Waals surface area (Å²) < 4.78 is 11.8. The van der Waals surface area contributed by atoms with Crippen LogP contribution in [0.4, 0.5) is 5.69 Å². The van der Waals surface area contributed by atoms with Gasteiger partial charge in [0.2, 0.25) is 0 Å².